The number of rotatable bonds is 5. The SMILES string of the molecule is CNc1ncc2cc(-c3c(C)ccc4c(Nc5ccc(OC)c(Cl)c5)nn(C)c34)ccc2n1. The number of anilines is 3. The molecule has 0 radical (unpaired) electrons. The molecule has 0 spiro atoms. The largest absolute Gasteiger partial charge is 0.495 e. The Morgan fingerprint density at radius 1 is 1.06 bits per heavy atom. The van der Waals surface area contributed by atoms with Crippen molar-refractivity contribution in [2.75, 3.05) is 24.8 Å². The fourth-order valence-corrected chi connectivity index (χ4v) is 4.38. The number of aryl methyl sites for hydroxylation is 2. The van der Waals surface area contributed by atoms with Gasteiger partial charge in [-0.1, -0.05) is 23.7 Å². The maximum Gasteiger partial charge on any atom is 0.222 e. The molecule has 0 bridgehead atoms. The predicted molar refractivity (Wildman–Crippen MR) is 135 cm³/mol. The van der Waals surface area contributed by atoms with Crippen LogP contribution in [0, 0.1) is 6.92 Å². The number of halogens is 1. The minimum absolute atomic E-state index is 0.541. The van der Waals surface area contributed by atoms with Gasteiger partial charge < -0.3 is 15.4 Å². The summed E-state index contributed by atoms with van der Waals surface area (Å²) in [5, 5.41) is 13.7. The normalized spacial score (nSPS) is 11.2. The number of nitrogens with one attached hydrogen (secondary N) is 2. The topological polar surface area (TPSA) is 76.9 Å². The van der Waals surface area contributed by atoms with E-state index in [0.717, 1.165) is 50.0 Å². The molecule has 0 aliphatic heterocycles. The van der Waals surface area contributed by atoms with Crippen LogP contribution < -0.4 is 15.4 Å². The van der Waals surface area contributed by atoms with Crippen molar-refractivity contribution in [2.45, 2.75) is 6.92 Å². The number of methoxy groups -OCH3 is 1. The highest BCUT2D eigenvalue weighted by atomic mass is 35.5. The molecule has 2 N–H and O–H groups in total. The molecule has 0 atom stereocenters. The Kier molecular flexibility index (Phi) is 5.26. The van der Waals surface area contributed by atoms with E-state index in [1.165, 1.54) is 0 Å². The lowest BCUT2D eigenvalue weighted by atomic mass is 9.96. The molecule has 0 aliphatic carbocycles. The first-order valence-corrected chi connectivity index (χ1v) is 10.9. The van der Waals surface area contributed by atoms with Crippen molar-refractivity contribution < 1.29 is 4.74 Å². The van der Waals surface area contributed by atoms with Crippen LogP contribution in [0.3, 0.4) is 0 Å². The zero-order valence-corrected chi connectivity index (χ0v) is 19.5. The molecule has 7 nitrogen and oxygen atoms in total. The van der Waals surface area contributed by atoms with Crippen LogP contribution in [-0.2, 0) is 7.05 Å². The van der Waals surface area contributed by atoms with Crippen molar-refractivity contribution in [3.8, 4) is 16.9 Å². The lowest BCUT2D eigenvalue weighted by Crippen LogP contribution is -1.97. The Balaban J connectivity index is 1.62. The van der Waals surface area contributed by atoms with Gasteiger partial charge in [0.1, 0.15) is 5.75 Å². The second kappa shape index (κ2) is 8.26. The molecule has 0 aliphatic rings. The molecular formula is C25H23ClN6O. The highest BCUT2D eigenvalue weighted by molar-refractivity contribution is 6.32. The van der Waals surface area contributed by atoms with Crippen molar-refractivity contribution in [3.63, 3.8) is 0 Å². The third-order valence-electron chi connectivity index (χ3n) is 5.72. The quantitative estimate of drug-likeness (QED) is 0.339. The summed E-state index contributed by atoms with van der Waals surface area (Å²) in [6.45, 7) is 2.11. The van der Waals surface area contributed by atoms with Crippen molar-refractivity contribution in [1.82, 2.24) is 19.7 Å². The maximum absolute atomic E-state index is 6.31. The van der Waals surface area contributed by atoms with Gasteiger partial charge in [0.15, 0.2) is 5.82 Å². The van der Waals surface area contributed by atoms with Crippen LogP contribution in [0.5, 0.6) is 5.75 Å². The summed E-state index contributed by atoms with van der Waals surface area (Å²) in [7, 11) is 5.37. The molecule has 166 valence electrons. The van der Waals surface area contributed by atoms with Crippen molar-refractivity contribution >= 4 is 50.9 Å². The molecule has 2 aromatic heterocycles. The molecule has 0 saturated carbocycles. The lowest BCUT2D eigenvalue weighted by Gasteiger charge is -2.11. The first kappa shape index (κ1) is 21.0. The van der Waals surface area contributed by atoms with Gasteiger partial charge in [-0.05, 0) is 54.4 Å². The molecule has 2 heterocycles. The van der Waals surface area contributed by atoms with Gasteiger partial charge in [-0.25, -0.2) is 9.97 Å². The summed E-state index contributed by atoms with van der Waals surface area (Å²) in [5.74, 6) is 2.00. The van der Waals surface area contributed by atoms with Gasteiger partial charge in [0.2, 0.25) is 5.95 Å². The van der Waals surface area contributed by atoms with E-state index in [2.05, 4.69) is 51.8 Å². The molecule has 5 aromatic rings. The summed E-state index contributed by atoms with van der Waals surface area (Å²) >= 11 is 6.31. The fraction of sp³-hybridized carbons (Fsp3) is 0.160. The number of benzene rings is 3. The van der Waals surface area contributed by atoms with Crippen LogP contribution in [0.4, 0.5) is 17.5 Å². The third kappa shape index (κ3) is 3.70. The van der Waals surface area contributed by atoms with Gasteiger partial charge in [-0.2, -0.15) is 5.10 Å². The zero-order valence-electron chi connectivity index (χ0n) is 18.8. The molecular weight excluding hydrogens is 436 g/mol. The summed E-state index contributed by atoms with van der Waals surface area (Å²) < 4.78 is 7.17. The van der Waals surface area contributed by atoms with Crippen LogP contribution in [-0.4, -0.2) is 33.9 Å². The fourth-order valence-electron chi connectivity index (χ4n) is 4.12. The van der Waals surface area contributed by atoms with Gasteiger partial charge in [0.25, 0.3) is 0 Å². The highest BCUT2D eigenvalue weighted by Gasteiger charge is 2.17. The second-order valence-corrected chi connectivity index (χ2v) is 8.22. The smallest absolute Gasteiger partial charge is 0.222 e. The van der Waals surface area contributed by atoms with E-state index in [9.17, 15) is 0 Å². The van der Waals surface area contributed by atoms with Crippen molar-refractivity contribution in [1.29, 1.82) is 0 Å². The second-order valence-electron chi connectivity index (χ2n) is 7.82. The minimum Gasteiger partial charge on any atom is -0.495 e. The van der Waals surface area contributed by atoms with Gasteiger partial charge in [-0.3, -0.25) is 4.68 Å². The van der Waals surface area contributed by atoms with Crippen LogP contribution in [0.25, 0.3) is 32.9 Å². The summed E-state index contributed by atoms with van der Waals surface area (Å²) in [4.78, 5) is 8.90. The number of hydrogen-bond donors (Lipinski definition) is 2. The molecule has 3 aromatic carbocycles. The van der Waals surface area contributed by atoms with Gasteiger partial charge in [-0.15, -0.1) is 0 Å². The number of aromatic nitrogens is 4. The van der Waals surface area contributed by atoms with Gasteiger partial charge in [0, 0.05) is 42.3 Å². The minimum atomic E-state index is 0.541. The van der Waals surface area contributed by atoms with Gasteiger partial charge in [0.05, 0.1) is 23.2 Å². The standard InChI is InChI=1S/C25H23ClN6O/c1-14-5-8-18-23(22(14)15-6-9-20-16(11-15)13-28-25(27-2)30-20)32(3)31-24(18)29-17-7-10-21(33-4)19(26)12-17/h5-13H,1-4H3,(H,29,31)(H,27,28,30). The summed E-state index contributed by atoms with van der Waals surface area (Å²) in [6, 6.07) is 16.1. The van der Waals surface area contributed by atoms with E-state index in [0.29, 0.717) is 16.7 Å². The number of ether oxygens (including phenoxy) is 1. The lowest BCUT2D eigenvalue weighted by molar-refractivity contribution is 0.415. The zero-order chi connectivity index (χ0) is 23.1. The number of nitrogens with zero attached hydrogens (tertiary/aromatic N) is 4. The average molecular weight is 459 g/mol. The average Bonchev–Trinajstić information content (AvgIpc) is 3.13. The Hall–Kier alpha value is -3.84. The van der Waals surface area contributed by atoms with E-state index in [4.69, 9.17) is 21.4 Å². The number of hydrogen-bond acceptors (Lipinski definition) is 6. The van der Waals surface area contributed by atoms with Gasteiger partial charge >= 0.3 is 0 Å². The summed E-state index contributed by atoms with van der Waals surface area (Å²) in [6.07, 6.45) is 1.84. The summed E-state index contributed by atoms with van der Waals surface area (Å²) in [5.41, 5.74) is 6.16. The Morgan fingerprint density at radius 3 is 2.67 bits per heavy atom. The third-order valence-corrected chi connectivity index (χ3v) is 6.02. The Labute approximate surface area is 196 Å². The van der Waals surface area contributed by atoms with Crippen LogP contribution in [0.15, 0.2) is 54.7 Å². The molecule has 33 heavy (non-hydrogen) atoms. The highest BCUT2D eigenvalue weighted by Crippen LogP contribution is 2.37. The van der Waals surface area contributed by atoms with E-state index in [1.807, 2.05) is 49.2 Å². The monoisotopic (exact) mass is 458 g/mol. The van der Waals surface area contributed by atoms with E-state index < -0.39 is 0 Å². The maximum atomic E-state index is 6.31. The first-order valence-electron chi connectivity index (χ1n) is 10.5. The van der Waals surface area contributed by atoms with Crippen molar-refractivity contribution in [2.24, 2.45) is 7.05 Å². The van der Waals surface area contributed by atoms with Crippen LogP contribution in [0.1, 0.15) is 5.56 Å². The predicted octanol–water partition coefficient (Wildman–Crippen LogP) is 5.94. The number of fused-ring (bicyclic) bond motifs is 2. The molecule has 0 fully saturated rings. The Morgan fingerprint density at radius 2 is 1.91 bits per heavy atom. The van der Waals surface area contributed by atoms with E-state index in [1.54, 1.807) is 7.11 Å². The van der Waals surface area contributed by atoms with Crippen LogP contribution >= 0.6 is 11.6 Å². The first-order chi connectivity index (χ1) is 16.0. The van der Waals surface area contributed by atoms with E-state index in [-0.39, 0.29) is 0 Å². The molecule has 8 heteroatoms. The molecule has 0 amide bonds. The Bertz CT molecular complexity index is 1510. The van der Waals surface area contributed by atoms with Crippen LogP contribution in [0.2, 0.25) is 5.02 Å². The molecule has 5 rings (SSSR count). The van der Waals surface area contributed by atoms with E-state index >= 15 is 0 Å². The van der Waals surface area contributed by atoms with Crippen molar-refractivity contribution in [3.05, 3.63) is 65.3 Å². The molecule has 0 saturated heterocycles. The molecule has 0 unspecified atom stereocenters.